The maximum atomic E-state index is 13.8. The normalized spacial score (nSPS) is 22.4. The first-order chi connectivity index (χ1) is 10.1. The molecule has 2 N–H and O–H groups in total. The van der Waals surface area contributed by atoms with Crippen molar-refractivity contribution in [3.63, 3.8) is 0 Å². The minimum atomic E-state index is -0.235. The van der Waals surface area contributed by atoms with Gasteiger partial charge >= 0.3 is 0 Å². The molecule has 112 valence electrons. The Balaban J connectivity index is 1.77. The highest BCUT2D eigenvalue weighted by atomic mass is 19.1. The van der Waals surface area contributed by atoms with E-state index in [1.807, 2.05) is 13.0 Å². The second-order valence-electron chi connectivity index (χ2n) is 5.88. The molecule has 0 spiro atoms. The molecule has 0 radical (unpaired) electrons. The van der Waals surface area contributed by atoms with Gasteiger partial charge in [-0.2, -0.15) is 4.98 Å². The van der Waals surface area contributed by atoms with Gasteiger partial charge in [0.25, 0.3) is 0 Å². The first kappa shape index (κ1) is 14.2. The van der Waals surface area contributed by atoms with Crippen LogP contribution in [0.1, 0.15) is 54.4 Å². The van der Waals surface area contributed by atoms with E-state index in [0.717, 1.165) is 31.2 Å². The maximum absolute atomic E-state index is 13.8. The van der Waals surface area contributed by atoms with Crippen molar-refractivity contribution in [3.8, 4) is 0 Å². The molecular formula is C16H20FN3O. The summed E-state index contributed by atoms with van der Waals surface area (Å²) in [5.41, 5.74) is 7.74. The number of nitrogens with zero attached hydrogens (tertiary/aromatic N) is 2. The lowest BCUT2D eigenvalue weighted by atomic mass is 9.85. The molecule has 2 aromatic rings. The number of halogens is 1. The Hall–Kier alpha value is -1.75. The van der Waals surface area contributed by atoms with Crippen molar-refractivity contribution in [2.75, 3.05) is 0 Å². The lowest BCUT2D eigenvalue weighted by molar-refractivity contribution is 0.289. The van der Waals surface area contributed by atoms with Crippen LogP contribution in [0, 0.1) is 12.7 Å². The lowest BCUT2D eigenvalue weighted by Crippen LogP contribution is -2.31. The standard InChI is InChI=1S/C16H20FN3O/c1-10-6-7-13(17)11(8-10)9-15-19-16(21-20-15)12-4-2-3-5-14(12)18/h6-8,12,14H,2-5,9,18H2,1H3/t12-,14+/m1/s1. The van der Waals surface area contributed by atoms with E-state index in [0.29, 0.717) is 23.7 Å². The molecule has 0 aliphatic heterocycles. The summed E-state index contributed by atoms with van der Waals surface area (Å²) in [6.45, 7) is 1.94. The van der Waals surface area contributed by atoms with Crippen LogP contribution in [0.2, 0.25) is 0 Å². The molecule has 4 nitrogen and oxygen atoms in total. The Morgan fingerprint density at radius 3 is 2.95 bits per heavy atom. The molecule has 1 aromatic heterocycles. The fraction of sp³-hybridized carbons (Fsp3) is 0.500. The minimum absolute atomic E-state index is 0.0859. The minimum Gasteiger partial charge on any atom is -0.339 e. The van der Waals surface area contributed by atoms with Gasteiger partial charge in [-0.1, -0.05) is 35.7 Å². The molecule has 1 aliphatic carbocycles. The number of benzene rings is 1. The molecule has 21 heavy (non-hydrogen) atoms. The zero-order valence-corrected chi connectivity index (χ0v) is 12.2. The Kier molecular flexibility index (Phi) is 4.01. The lowest BCUT2D eigenvalue weighted by Gasteiger charge is -2.25. The van der Waals surface area contributed by atoms with Gasteiger partial charge < -0.3 is 10.3 Å². The molecular weight excluding hydrogens is 269 g/mol. The van der Waals surface area contributed by atoms with Crippen LogP contribution >= 0.6 is 0 Å². The van der Waals surface area contributed by atoms with Crippen LogP contribution in [-0.4, -0.2) is 16.2 Å². The van der Waals surface area contributed by atoms with E-state index in [2.05, 4.69) is 10.1 Å². The molecule has 1 saturated carbocycles. The van der Waals surface area contributed by atoms with E-state index in [1.54, 1.807) is 6.07 Å². The number of nitrogens with two attached hydrogens (primary N) is 1. The smallest absolute Gasteiger partial charge is 0.231 e. The highest BCUT2D eigenvalue weighted by Gasteiger charge is 2.28. The fourth-order valence-electron chi connectivity index (χ4n) is 2.97. The molecule has 1 aliphatic rings. The van der Waals surface area contributed by atoms with Crippen LogP contribution in [-0.2, 0) is 6.42 Å². The van der Waals surface area contributed by atoms with Gasteiger partial charge in [0.15, 0.2) is 5.82 Å². The second kappa shape index (κ2) is 5.93. The number of aryl methyl sites for hydroxylation is 1. The van der Waals surface area contributed by atoms with E-state index in [4.69, 9.17) is 10.3 Å². The summed E-state index contributed by atoms with van der Waals surface area (Å²) in [5, 5.41) is 3.98. The second-order valence-corrected chi connectivity index (χ2v) is 5.88. The van der Waals surface area contributed by atoms with Gasteiger partial charge in [0.1, 0.15) is 5.82 Å². The highest BCUT2D eigenvalue weighted by molar-refractivity contribution is 5.26. The number of rotatable bonds is 3. The van der Waals surface area contributed by atoms with Crippen LogP contribution in [0.5, 0.6) is 0 Å². The van der Waals surface area contributed by atoms with Crippen molar-refractivity contribution in [1.82, 2.24) is 10.1 Å². The third-order valence-electron chi connectivity index (χ3n) is 4.17. The fourth-order valence-corrected chi connectivity index (χ4v) is 2.97. The van der Waals surface area contributed by atoms with Crippen LogP contribution in [0.3, 0.4) is 0 Å². The third kappa shape index (κ3) is 3.13. The Morgan fingerprint density at radius 2 is 2.14 bits per heavy atom. The molecule has 1 aromatic carbocycles. The first-order valence-corrected chi connectivity index (χ1v) is 7.46. The van der Waals surface area contributed by atoms with Crippen molar-refractivity contribution in [2.45, 2.75) is 51.0 Å². The van der Waals surface area contributed by atoms with Crippen LogP contribution in [0.4, 0.5) is 4.39 Å². The Bertz CT molecular complexity index is 626. The van der Waals surface area contributed by atoms with Gasteiger partial charge in [-0.25, -0.2) is 4.39 Å². The average Bonchev–Trinajstić information content (AvgIpc) is 2.92. The van der Waals surface area contributed by atoms with Gasteiger partial charge in [0, 0.05) is 12.5 Å². The quantitative estimate of drug-likeness (QED) is 0.943. The van der Waals surface area contributed by atoms with Crippen molar-refractivity contribution < 1.29 is 8.91 Å². The van der Waals surface area contributed by atoms with Gasteiger partial charge in [0.2, 0.25) is 5.89 Å². The molecule has 0 saturated heterocycles. The summed E-state index contributed by atoms with van der Waals surface area (Å²) in [4.78, 5) is 4.43. The average molecular weight is 289 g/mol. The van der Waals surface area contributed by atoms with Crippen LogP contribution in [0.15, 0.2) is 22.7 Å². The first-order valence-electron chi connectivity index (χ1n) is 7.46. The van der Waals surface area contributed by atoms with Gasteiger partial charge in [-0.3, -0.25) is 0 Å². The zero-order chi connectivity index (χ0) is 14.8. The van der Waals surface area contributed by atoms with E-state index in [-0.39, 0.29) is 17.8 Å². The van der Waals surface area contributed by atoms with Gasteiger partial charge in [-0.05, 0) is 31.4 Å². The van der Waals surface area contributed by atoms with Crippen molar-refractivity contribution in [2.24, 2.45) is 5.73 Å². The molecule has 1 heterocycles. The largest absolute Gasteiger partial charge is 0.339 e. The molecule has 1 fully saturated rings. The van der Waals surface area contributed by atoms with E-state index in [1.165, 1.54) is 6.07 Å². The van der Waals surface area contributed by atoms with Gasteiger partial charge in [0.05, 0.1) is 5.92 Å². The van der Waals surface area contributed by atoms with Crippen molar-refractivity contribution in [3.05, 3.63) is 46.9 Å². The number of hydrogen-bond donors (Lipinski definition) is 1. The predicted octanol–water partition coefficient (Wildman–Crippen LogP) is 3.09. The summed E-state index contributed by atoms with van der Waals surface area (Å²) in [6.07, 6.45) is 4.63. The predicted molar refractivity (Wildman–Crippen MR) is 77.4 cm³/mol. The third-order valence-corrected chi connectivity index (χ3v) is 4.17. The zero-order valence-electron chi connectivity index (χ0n) is 12.2. The molecule has 0 bridgehead atoms. The highest BCUT2D eigenvalue weighted by Crippen LogP contribution is 2.31. The summed E-state index contributed by atoms with van der Waals surface area (Å²) in [7, 11) is 0. The molecule has 5 heteroatoms. The number of hydrogen-bond acceptors (Lipinski definition) is 4. The summed E-state index contributed by atoms with van der Waals surface area (Å²) >= 11 is 0. The maximum Gasteiger partial charge on any atom is 0.231 e. The molecule has 0 unspecified atom stereocenters. The van der Waals surface area contributed by atoms with E-state index in [9.17, 15) is 4.39 Å². The van der Waals surface area contributed by atoms with Gasteiger partial charge in [-0.15, -0.1) is 0 Å². The topological polar surface area (TPSA) is 64.9 Å². The Labute approximate surface area is 123 Å². The summed E-state index contributed by atoms with van der Waals surface area (Å²) < 4.78 is 19.1. The molecule has 3 rings (SSSR count). The van der Waals surface area contributed by atoms with Crippen molar-refractivity contribution in [1.29, 1.82) is 0 Å². The van der Waals surface area contributed by atoms with Crippen LogP contribution < -0.4 is 5.73 Å². The summed E-state index contributed by atoms with van der Waals surface area (Å²) in [5.74, 6) is 1.03. The van der Waals surface area contributed by atoms with Crippen molar-refractivity contribution >= 4 is 0 Å². The SMILES string of the molecule is Cc1ccc(F)c(Cc2noc([C@@H]3CCCC[C@@H]3N)n2)c1. The monoisotopic (exact) mass is 289 g/mol. The molecule has 2 atom stereocenters. The Morgan fingerprint density at radius 1 is 1.33 bits per heavy atom. The van der Waals surface area contributed by atoms with E-state index < -0.39 is 0 Å². The van der Waals surface area contributed by atoms with E-state index >= 15 is 0 Å². The number of aromatic nitrogens is 2. The molecule has 0 amide bonds. The summed E-state index contributed by atoms with van der Waals surface area (Å²) in [6, 6.07) is 5.13. The van der Waals surface area contributed by atoms with Crippen LogP contribution in [0.25, 0.3) is 0 Å².